The number of fused-ring (bicyclic) bond motifs is 7. The van der Waals surface area contributed by atoms with Gasteiger partial charge in [-0.3, -0.25) is 0 Å². The normalized spacial score (nSPS) is 12.1. The molecule has 0 spiro atoms. The number of thiophene rings is 1. The van der Waals surface area contributed by atoms with E-state index in [2.05, 4.69) is 85.4 Å². The van der Waals surface area contributed by atoms with Crippen LogP contribution < -0.4 is 0 Å². The van der Waals surface area contributed by atoms with Crippen molar-refractivity contribution >= 4 is 85.2 Å². The molecule has 22 heavy (non-hydrogen) atoms. The molecule has 0 bridgehead atoms. The molecule has 2 aromatic heterocycles. The van der Waals surface area contributed by atoms with Gasteiger partial charge in [0.15, 0.2) is 0 Å². The molecule has 0 saturated carbocycles. The summed E-state index contributed by atoms with van der Waals surface area (Å²) in [6, 6.07) is 17.2. The lowest BCUT2D eigenvalue weighted by molar-refractivity contribution is 1.56. The van der Waals surface area contributed by atoms with E-state index in [0.717, 1.165) is 8.95 Å². The summed E-state index contributed by atoms with van der Waals surface area (Å²) in [4.78, 5) is 3.61. The lowest BCUT2D eigenvalue weighted by Gasteiger charge is -1.99. The van der Waals surface area contributed by atoms with E-state index in [-0.39, 0.29) is 0 Å². The fourth-order valence-electron chi connectivity index (χ4n) is 3.17. The van der Waals surface area contributed by atoms with E-state index in [4.69, 9.17) is 0 Å². The highest BCUT2D eigenvalue weighted by Crippen LogP contribution is 2.44. The van der Waals surface area contributed by atoms with Crippen LogP contribution in [0.15, 0.2) is 57.5 Å². The Bertz CT molecular complexity index is 1200. The predicted octanol–water partition coefficient (Wildman–Crippen LogP) is 7.21. The number of hydrogen-bond donors (Lipinski definition) is 1. The molecular weight excluding hydrogens is 422 g/mol. The third-order valence-corrected chi connectivity index (χ3v) is 6.44. The summed E-state index contributed by atoms with van der Waals surface area (Å²) in [5, 5.41) is 5.14. The number of nitrogens with one attached hydrogen (secondary N) is 1. The summed E-state index contributed by atoms with van der Waals surface area (Å²) < 4.78 is 4.91. The molecule has 5 aromatic rings. The van der Waals surface area contributed by atoms with Crippen LogP contribution in [-0.2, 0) is 0 Å². The quantitative estimate of drug-likeness (QED) is 0.267. The van der Waals surface area contributed by atoms with E-state index < -0.39 is 0 Å². The van der Waals surface area contributed by atoms with E-state index in [9.17, 15) is 0 Å². The van der Waals surface area contributed by atoms with Crippen LogP contribution in [0.5, 0.6) is 0 Å². The van der Waals surface area contributed by atoms with Gasteiger partial charge in [0.2, 0.25) is 0 Å². The van der Waals surface area contributed by atoms with Crippen LogP contribution in [0.1, 0.15) is 0 Å². The second-order valence-corrected chi connectivity index (χ2v) is 8.22. The summed E-state index contributed by atoms with van der Waals surface area (Å²) in [6.07, 6.45) is 0. The number of rotatable bonds is 0. The second kappa shape index (κ2) is 4.57. The van der Waals surface area contributed by atoms with Gasteiger partial charge < -0.3 is 4.98 Å². The van der Waals surface area contributed by atoms with Crippen molar-refractivity contribution in [2.75, 3.05) is 0 Å². The SMILES string of the molecule is Brc1ccc2[nH]c3c(cc(Br)c4c5ccccc5sc34)c2c1. The molecule has 106 valence electrons. The maximum atomic E-state index is 3.79. The van der Waals surface area contributed by atoms with Gasteiger partial charge in [0.25, 0.3) is 0 Å². The standard InChI is InChI=1S/C18H9Br2NS/c19-9-5-6-14-11(7-9)12-8-13(20)16-10-3-1-2-4-15(10)22-18(16)17(12)21-14/h1-8,21H. The lowest BCUT2D eigenvalue weighted by Crippen LogP contribution is -1.73. The number of aromatic amines is 1. The van der Waals surface area contributed by atoms with Gasteiger partial charge in [0, 0.05) is 40.7 Å². The number of H-pyrrole nitrogens is 1. The van der Waals surface area contributed by atoms with Crippen molar-refractivity contribution in [2.24, 2.45) is 0 Å². The van der Waals surface area contributed by atoms with Crippen LogP contribution in [-0.4, -0.2) is 4.98 Å². The van der Waals surface area contributed by atoms with Crippen molar-refractivity contribution in [3.63, 3.8) is 0 Å². The smallest absolute Gasteiger partial charge is 0.0647 e. The van der Waals surface area contributed by atoms with Crippen LogP contribution in [0.25, 0.3) is 42.0 Å². The topological polar surface area (TPSA) is 15.8 Å². The van der Waals surface area contributed by atoms with E-state index >= 15 is 0 Å². The molecule has 0 unspecified atom stereocenters. The van der Waals surface area contributed by atoms with Crippen molar-refractivity contribution in [1.29, 1.82) is 0 Å². The van der Waals surface area contributed by atoms with E-state index in [1.165, 1.54) is 42.0 Å². The minimum absolute atomic E-state index is 1.11. The predicted molar refractivity (Wildman–Crippen MR) is 104 cm³/mol. The zero-order valence-corrected chi connectivity index (χ0v) is 15.3. The number of benzene rings is 3. The van der Waals surface area contributed by atoms with Crippen LogP contribution in [0, 0.1) is 0 Å². The van der Waals surface area contributed by atoms with E-state index in [0.29, 0.717) is 0 Å². The first-order valence-electron chi connectivity index (χ1n) is 6.93. The first kappa shape index (κ1) is 13.1. The van der Waals surface area contributed by atoms with Crippen LogP contribution in [0.3, 0.4) is 0 Å². The first-order chi connectivity index (χ1) is 10.7. The third-order valence-electron chi connectivity index (χ3n) is 4.13. The molecule has 0 amide bonds. The number of halogens is 2. The highest BCUT2D eigenvalue weighted by atomic mass is 79.9. The minimum Gasteiger partial charge on any atom is -0.353 e. The van der Waals surface area contributed by atoms with Gasteiger partial charge in [0.1, 0.15) is 0 Å². The molecule has 0 fully saturated rings. The van der Waals surface area contributed by atoms with Gasteiger partial charge in [0.05, 0.1) is 10.2 Å². The van der Waals surface area contributed by atoms with Gasteiger partial charge in [-0.15, -0.1) is 11.3 Å². The highest BCUT2D eigenvalue weighted by Gasteiger charge is 2.15. The van der Waals surface area contributed by atoms with Crippen LogP contribution in [0.4, 0.5) is 0 Å². The molecule has 0 aliphatic rings. The fourth-order valence-corrected chi connectivity index (χ4v) is 5.54. The van der Waals surface area contributed by atoms with E-state index in [1.54, 1.807) is 0 Å². The molecular formula is C18H9Br2NS. The molecule has 3 aromatic carbocycles. The van der Waals surface area contributed by atoms with Crippen molar-refractivity contribution in [3.05, 3.63) is 57.5 Å². The molecule has 1 N–H and O–H groups in total. The Morgan fingerprint density at radius 1 is 0.864 bits per heavy atom. The number of hydrogen-bond acceptors (Lipinski definition) is 1. The summed E-state index contributed by atoms with van der Waals surface area (Å²) in [5.41, 5.74) is 2.41. The van der Waals surface area contributed by atoms with E-state index in [1.807, 2.05) is 11.3 Å². The highest BCUT2D eigenvalue weighted by molar-refractivity contribution is 9.11. The molecule has 0 radical (unpaired) electrons. The molecule has 0 aliphatic carbocycles. The van der Waals surface area contributed by atoms with Crippen molar-refractivity contribution in [1.82, 2.24) is 4.98 Å². The fraction of sp³-hybridized carbons (Fsp3) is 0. The molecule has 5 rings (SSSR count). The Balaban J connectivity index is 2.10. The largest absolute Gasteiger partial charge is 0.353 e. The minimum atomic E-state index is 1.11. The maximum absolute atomic E-state index is 3.79. The zero-order valence-electron chi connectivity index (χ0n) is 11.3. The molecule has 4 heteroatoms. The summed E-state index contributed by atoms with van der Waals surface area (Å²) >= 11 is 9.22. The van der Waals surface area contributed by atoms with Gasteiger partial charge in [-0.05, 0) is 30.3 Å². The molecule has 0 saturated heterocycles. The van der Waals surface area contributed by atoms with Crippen molar-refractivity contribution in [3.8, 4) is 0 Å². The Morgan fingerprint density at radius 3 is 2.64 bits per heavy atom. The van der Waals surface area contributed by atoms with Gasteiger partial charge in [-0.1, -0.05) is 50.1 Å². The van der Waals surface area contributed by atoms with Crippen LogP contribution in [0.2, 0.25) is 0 Å². The lowest BCUT2D eigenvalue weighted by atomic mass is 10.1. The Kier molecular flexibility index (Phi) is 2.72. The first-order valence-corrected chi connectivity index (χ1v) is 9.33. The average molecular weight is 431 g/mol. The molecule has 2 heterocycles. The Labute approximate surface area is 147 Å². The second-order valence-electron chi connectivity index (χ2n) is 5.40. The monoisotopic (exact) mass is 429 g/mol. The summed E-state index contributed by atoms with van der Waals surface area (Å²) in [6.45, 7) is 0. The zero-order chi connectivity index (χ0) is 14.8. The average Bonchev–Trinajstić information content (AvgIpc) is 3.06. The molecule has 0 atom stereocenters. The van der Waals surface area contributed by atoms with Gasteiger partial charge >= 0.3 is 0 Å². The van der Waals surface area contributed by atoms with Crippen molar-refractivity contribution < 1.29 is 0 Å². The van der Waals surface area contributed by atoms with Crippen LogP contribution >= 0.6 is 43.2 Å². The summed E-state index contributed by atoms with van der Waals surface area (Å²) in [5.74, 6) is 0. The molecule has 0 aliphatic heterocycles. The maximum Gasteiger partial charge on any atom is 0.0647 e. The molecule has 1 nitrogen and oxygen atoms in total. The van der Waals surface area contributed by atoms with Crippen molar-refractivity contribution in [2.45, 2.75) is 0 Å². The number of aromatic nitrogens is 1. The van der Waals surface area contributed by atoms with Gasteiger partial charge in [-0.25, -0.2) is 0 Å². The Hall–Kier alpha value is -1.36. The third kappa shape index (κ3) is 1.69. The van der Waals surface area contributed by atoms with Gasteiger partial charge in [-0.2, -0.15) is 0 Å². The summed E-state index contributed by atoms with van der Waals surface area (Å²) in [7, 11) is 0. The Morgan fingerprint density at radius 2 is 1.73 bits per heavy atom.